The second kappa shape index (κ2) is 8.49. The molecule has 172 valence electrons. The van der Waals surface area contributed by atoms with Crippen LogP contribution in [0, 0.1) is 13.8 Å². The fourth-order valence-corrected chi connectivity index (χ4v) is 5.20. The van der Waals surface area contributed by atoms with E-state index in [1.807, 2.05) is 50.2 Å². The molecule has 1 amide bonds. The molecule has 34 heavy (non-hydrogen) atoms. The van der Waals surface area contributed by atoms with Crippen LogP contribution in [0.4, 0.5) is 5.69 Å². The summed E-state index contributed by atoms with van der Waals surface area (Å²) in [7, 11) is 0. The van der Waals surface area contributed by atoms with Crippen LogP contribution in [0.1, 0.15) is 52.3 Å². The molecule has 1 heterocycles. The van der Waals surface area contributed by atoms with Crippen molar-refractivity contribution in [2.24, 2.45) is 0 Å². The smallest absolute Gasteiger partial charge is 0.300 e. The van der Waals surface area contributed by atoms with E-state index < -0.39 is 17.7 Å². The molecule has 3 aromatic rings. The number of phenols is 1. The standard InChI is InChI=1S/C29H27NO4/c1-17-13-18(2)15-23(14-17)30-26(20-9-11-24(31)12-10-20)25(28(33)29(30)34)27(32)22-8-7-19-5-3-4-6-21(19)16-22/h7-16,26,31-32H,3-6H2,1-2H3/b27-25-. The molecule has 5 nitrogen and oxygen atoms in total. The number of rotatable bonds is 3. The van der Waals surface area contributed by atoms with Crippen LogP contribution < -0.4 is 4.90 Å². The number of carbonyl (C=O) groups excluding carboxylic acids is 2. The molecule has 1 atom stereocenters. The first-order valence-electron chi connectivity index (χ1n) is 11.6. The van der Waals surface area contributed by atoms with Crippen molar-refractivity contribution in [2.75, 3.05) is 4.90 Å². The van der Waals surface area contributed by atoms with E-state index >= 15 is 0 Å². The number of aliphatic hydroxyl groups is 1. The Hall–Kier alpha value is -3.86. The molecular formula is C29H27NO4. The monoisotopic (exact) mass is 453 g/mol. The fraction of sp³-hybridized carbons (Fsp3) is 0.241. The van der Waals surface area contributed by atoms with Crippen LogP contribution in [-0.4, -0.2) is 21.9 Å². The van der Waals surface area contributed by atoms with Crippen LogP contribution in [-0.2, 0) is 22.4 Å². The number of phenolic OH excluding ortho intramolecular Hbond substituents is 1. The third-order valence-electron chi connectivity index (χ3n) is 6.76. The van der Waals surface area contributed by atoms with Crippen LogP contribution in [0.25, 0.3) is 5.76 Å². The van der Waals surface area contributed by atoms with Gasteiger partial charge in [0.15, 0.2) is 0 Å². The summed E-state index contributed by atoms with van der Waals surface area (Å²) in [5.41, 5.74) is 6.23. The molecule has 0 bridgehead atoms. The Morgan fingerprint density at radius 2 is 1.50 bits per heavy atom. The Morgan fingerprint density at radius 3 is 2.18 bits per heavy atom. The number of amides is 1. The molecule has 2 N–H and O–H groups in total. The molecule has 0 spiro atoms. The van der Waals surface area contributed by atoms with E-state index in [9.17, 15) is 19.8 Å². The minimum atomic E-state index is -0.808. The van der Waals surface area contributed by atoms with Crippen molar-refractivity contribution in [2.45, 2.75) is 45.6 Å². The fourth-order valence-electron chi connectivity index (χ4n) is 5.20. The number of aryl methyl sites for hydroxylation is 4. The molecule has 0 saturated carbocycles. The molecule has 1 saturated heterocycles. The number of hydrogen-bond acceptors (Lipinski definition) is 4. The maximum atomic E-state index is 13.4. The van der Waals surface area contributed by atoms with Gasteiger partial charge in [-0.05, 0) is 97.7 Å². The summed E-state index contributed by atoms with van der Waals surface area (Å²) >= 11 is 0. The Morgan fingerprint density at radius 1 is 0.853 bits per heavy atom. The molecule has 1 unspecified atom stereocenters. The third kappa shape index (κ3) is 3.77. The summed E-state index contributed by atoms with van der Waals surface area (Å²) in [4.78, 5) is 28.2. The van der Waals surface area contributed by atoms with Crippen molar-refractivity contribution in [1.29, 1.82) is 0 Å². The third-order valence-corrected chi connectivity index (χ3v) is 6.76. The molecule has 2 aliphatic rings. The largest absolute Gasteiger partial charge is 0.508 e. The Balaban J connectivity index is 1.71. The average molecular weight is 454 g/mol. The van der Waals surface area contributed by atoms with Crippen molar-refractivity contribution in [3.63, 3.8) is 0 Å². The normalized spacial score (nSPS) is 19.4. The predicted molar refractivity (Wildman–Crippen MR) is 132 cm³/mol. The van der Waals surface area contributed by atoms with E-state index in [0.717, 1.165) is 36.8 Å². The van der Waals surface area contributed by atoms with Crippen molar-refractivity contribution in [3.05, 3.63) is 99.6 Å². The maximum absolute atomic E-state index is 13.4. The van der Waals surface area contributed by atoms with E-state index in [1.165, 1.54) is 28.2 Å². The summed E-state index contributed by atoms with van der Waals surface area (Å²) in [6.45, 7) is 3.88. The van der Waals surface area contributed by atoms with E-state index in [2.05, 4.69) is 0 Å². The van der Waals surface area contributed by atoms with Gasteiger partial charge in [0, 0.05) is 11.3 Å². The van der Waals surface area contributed by atoms with Crippen molar-refractivity contribution < 1.29 is 19.8 Å². The number of carbonyl (C=O) groups is 2. The SMILES string of the molecule is Cc1cc(C)cc(N2C(=O)C(=O)/C(=C(\O)c3ccc4c(c3)CCCC4)C2c2ccc(O)cc2)c1. The quantitative estimate of drug-likeness (QED) is 0.311. The first-order chi connectivity index (χ1) is 16.3. The van der Waals surface area contributed by atoms with Crippen LogP contribution in [0.15, 0.2) is 66.2 Å². The minimum Gasteiger partial charge on any atom is -0.508 e. The lowest BCUT2D eigenvalue weighted by molar-refractivity contribution is -0.132. The number of fused-ring (bicyclic) bond motifs is 1. The number of benzene rings is 3. The van der Waals surface area contributed by atoms with E-state index in [0.29, 0.717) is 16.8 Å². The van der Waals surface area contributed by atoms with Gasteiger partial charge in [-0.15, -0.1) is 0 Å². The molecule has 1 fully saturated rings. The van der Waals surface area contributed by atoms with Gasteiger partial charge in [0.2, 0.25) is 0 Å². The van der Waals surface area contributed by atoms with E-state index in [4.69, 9.17) is 0 Å². The van der Waals surface area contributed by atoms with Crippen molar-refractivity contribution in [1.82, 2.24) is 0 Å². The summed E-state index contributed by atoms with van der Waals surface area (Å²) in [5.74, 6) is -1.48. The summed E-state index contributed by atoms with van der Waals surface area (Å²) in [5, 5.41) is 21.2. The number of aromatic hydroxyl groups is 1. The second-order valence-electron chi connectivity index (χ2n) is 9.30. The van der Waals surface area contributed by atoms with Gasteiger partial charge in [-0.25, -0.2) is 0 Å². The molecule has 3 aromatic carbocycles. The van der Waals surface area contributed by atoms with Gasteiger partial charge in [-0.3, -0.25) is 14.5 Å². The van der Waals surface area contributed by atoms with E-state index in [-0.39, 0.29) is 17.1 Å². The van der Waals surface area contributed by atoms with Gasteiger partial charge in [0.1, 0.15) is 11.5 Å². The first kappa shape index (κ1) is 22.0. The second-order valence-corrected chi connectivity index (χ2v) is 9.30. The van der Waals surface area contributed by atoms with Crippen LogP contribution in [0.2, 0.25) is 0 Å². The molecule has 0 radical (unpaired) electrons. The zero-order chi connectivity index (χ0) is 24.0. The Labute approximate surface area is 199 Å². The topological polar surface area (TPSA) is 77.8 Å². The lowest BCUT2D eigenvalue weighted by Gasteiger charge is -2.26. The van der Waals surface area contributed by atoms with Gasteiger partial charge in [0.05, 0.1) is 11.6 Å². The Kier molecular flexibility index (Phi) is 5.48. The minimum absolute atomic E-state index is 0.0607. The van der Waals surface area contributed by atoms with Crippen LogP contribution in [0.5, 0.6) is 5.75 Å². The van der Waals surface area contributed by atoms with Gasteiger partial charge < -0.3 is 10.2 Å². The van der Waals surface area contributed by atoms with Crippen molar-refractivity contribution in [3.8, 4) is 5.75 Å². The molecule has 5 heteroatoms. The molecule has 1 aliphatic heterocycles. The first-order valence-corrected chi connectivity index (χ1v) is 11.6. The zero-order valence-corrected chi connectivity index (χ0v) is 19.3. The highest BCUT2D eigenvalue weighted by atomic mass is 16.3. The molecule has 5 rings (SSSR count). The number of ketones is 1. The van der Waals surface area contributed by atoms with Gasteiger partial charge >= 0.3 is 0 Å². The lowest BCUT2D eigenvalue weighted by atomic mass is 9.88. The van der Waals surface area contributed by atoms with E-state index in [1.54, 1.807) is 12.1 Å². The summed E-state index contributed by atoms with van der Waals surface area (Å²) in [6.07, 6.45) is 4.21. The number of anilines is 1. The molecule has 0 aromatic heterocycles. The van der Waals surface area contributed by atoms with Gasteiger partial charge in [-0.2, -0.15) is 0 Å². The number of hydrogen-bond donors (Lipinski definition) is 2. The average Bonchev–Trinajstić information content (AvgIpc) is 3.08. The Bertz CT molecular complexity index is 1320. The predicted octanol–water partition coefficient (Wildman–Crippen LogP) is 5.51. The molecular weight excluding hydrogens is 426 g/mol. The van der Waals surface area contributed by atoms with Crippen LogP contribution >= 0.6 is 0 Å². The van der Waals surface area contributed by atoms with Crippen molar-refractivity contribution >= 4 is 23.1 Å². The number of aliphatic hydroxyl groups excluding tert-OH is 1. The lowest BCUT2D eigenvalue weighted by Crippen LogP contribution is -2.29. The zero-order valence-electron chi connectivity index (χ0n) is 19.3. The van der Waals surface area contributed by atoms with Gasteiger partial charge in [-0.1, -0.05) is 30.3 Å². The highest BCUT2D eigenvalue weighted by molar-refractivity contribution is 6.51. The maximum Gasteiger partial charge on any atom is 0.300 e. The highest BCUT2D eigenvalue weighted by Crippen LogP contribution is 2.43. The highest BCUT2D eigenvalue weighted by Gasteiger charge is 2.47. The number of Topliss-reactive ketones (excluding diaryl/α,β-unsaturated/α-hetero) is 1. The summed E-state index contributed by atoms with van der Waals surface area (Å²) < 4.78 is 0. The molecule has 1 aliphatic carbocycles. The van der Waals surface area contributed by atoms with Crippen LogP contribution in [0.3, 0.4) is 0 Å². The summed E-state index contributed by atoms with van der Waals surface area (Å²) in [6, 6.07) is 17.1. The van der Waals surface area contributed by atoms with Gasteiger partial charge in [0.25, 0.3) is 11.7 Å². The number of nitrogens with zero attached hydrogens (tertiary/aromatic N) is 1.